The lowest BCUT2D eigenvalue weighted by atomic mass is 9.91. The van der Waals surface area contributed by atoms with E-state index in [1.54, 1.807) is 30.0 Å². The minimum atomic E-state index is -3.10. The average molecular weight is 1470 g/mol. The van der Waals surface area contributed by atoms with Gasteiger partial charge in [-0.2, -0.15) is 0 Å². The van der Waals surface area contributed by atoms with E-state index in [0.29, 0.717) is 152 Å². The quantitative estimate of drug-likeness (QED) is 0.0212. The van der Waals surface area contributed by atoms with Crippen molar-refractivity contribution >= 4 is 106 Å². The van der Waals surface area contributed by atoms with E-state index in [9.17, 15) is 61.8 Å². The average Bonchev–Trinajstić information content (AvgIpc) is 1.55. The number of thioether (sulfide) groups is 1. The van der Waals surface area contributed by atoms with Gasteiger partial charge in [0, 0.05) is 125 Å². The number of nitrogens with one attached hydrogen (secondary N) is 3. The number of aromatic nitrogens is 1. The van der Waals surface area contributed by atoms with Gasteiger partial charge in [0.05, 0.1) is 61.1 Å². The zero-order valence-corrected chi connectivity index (χ0v) is 57.5. The maximum atomic E-state index is 14.1. The highest BCUT2D eigenvalue weighted by Crippen LogP contribution is 2.33. The van der Waals surface area contributed by atoms with Gasteiger partial charge in [0.15, 0.2) is 0 Å². The summed E-state index contributed by atoms with van der Waals surface area (Å²) in [5.41, 5.74) is 1.92. The van der Waals surface area contributed by atoms with Crippen LogP contribution in [-0.4, -0.2) is 258 Å². The highest BCUT2D eigenvalue weighted by atomic mass is 127. The number of imide groups is 1. The number of ether oxygens (including phenoxy) is 3. The van der Waals surface area contributed by atoms with E-state index in [1.807, 2.05) is 31.7 Å². The molecule has 0 radical (unpaired) electrons. The number of hydrogen-bond donors (Lipinski definition) is 4. The second-order valence-corrected chi connectivity index (χ2v) is 27.4. The number of fused-ring (bicyclic) bond motifs is 1. The highest BCUT2D eigenvalue weighted by molar-refractivity contribution is 14.1. The van der Waals surface area contributed by atoms with Crippen molar-refractivity contribution in [2.24, 2.45) is 11.8 Å². The molecule has 4 aliphatic rings. The van der Waals surface area contributed by atoms with E-state index in [1.165, 1.54) is 34.5 Å². The van der Waals surface area contributed by atoms with Crippen LogP contribution in [0.25, 0.3) is 10.9 Å². The smallest absolute Gasteiger partial charge is 0.317 e. The predicted octanol–water partition coefficient (Wildman–Crippen LogP) is 4.08. The molecule has 2 aromatic carbocycles. The van der Waals surface area contributed by atoms with Crippen molar-refractivity contribution in [2.75, 3.05) is 131 Å². The number of rotatable bonds is 35. The molecular weight excluding hydrogens is 1380 g/mol. The van der Waals surface area contributed by atoms with Crippen LogP contribution in [-0.2, 0) is 59.0 Å². The van der Waals surface area contributed by atoms with Gasteiger partial charge in [0.1, 0.15) is 19.2 Å². The molecular formula is C67H90F2IN11O14S. The number of carboxylic acid groups (broad SMARTS) is 1. The number of alkyl halides is 2. The summed E-state index contributed by atoms with van der Waals surface area (Å²) < 4.78 is 45.3. The van der Waals surface area contributed by atoms with E-state index < -0.39 is 66.5 Å². The van der Waals surface area contributed by atoms with Crippen LogP contribution in [0.2, 0.25) is 0 Å². The van der Waals surface area contributed by atoms with Gasteiger partial charge < -0.3 is 45.1 Å². The fraction of sp³-hybridized carbons (Fsp3) is 0.597. The summed E-state index contributed by atoms with van der Waals surface area (Å²) >= 11 is 3.54. The molecule has 4 fully saturated rings. The number of nitrogens with zero attached hydrogens (tertiary/aromatic N) is 8. The Labute approximate surface area is 577 Å². The molecule has 524 valence electrons. The van der Waals surface area contributed by atoms with Crippen molar-refractivity contribution in [2.45, 2.75) is 114 Å². The Balaban J connectivity index is 0.863. The maximum absolute atomic E-state index is 14.1. The number of hydrogen-bond acceptors (Lipinski definition) is 19. The molecule has 2 unspecified atom stereocenters. The molecule has 25 nitrogen and oxygen atoms in total. The molecule has 4 saturated heterocycles. The number of likely N-dealkylation sites (tertiary alicyclic amines) is 3. The van der Waals surface area contributed by atoms with Crippen LogP contribution in [0.1, 0.15) is 99.9 Å². The number of pyridine rings is 1. The largest absolute Gasteiger partial charge is 0.494 e. The van der Waals surface area contributed by atoms with Gasteiger partial charge in [-0.05, 0) is 128 Å². The number of aliphatic carboxylic acids is 1. The lowest BCUT2D eigenvalue weighted by Gasteiger charge is -2.34. The number of carbonyl (C=O) groups excluding carboxylic acids is 9. The standard InChI is InChI=1S/C67H90F2IN11O14S/c1-3-53-37-67(68,69)43-81(53)62(87)38-73-64(90)55-19-23-71-57-18-17-54(35-56(55)57)95-34-7-5-9-50-20-24-79(25-21-50)65(91)48(2)39-80-61(86)36-58(66(80)92)96-42-52(11-4-6-22-72-59(84)12-8-10-49-13-15-51(70)16-14-49)74-60(85)40-75-26-27-76(41-63(88)89)29-31-78(45-94-47-83)33-32-77(30-28-75)44-93-46-82/h1,13-19,23,35,46-48,50,52-53,58H,4-12,20-22,24-34,36-45H2,2H3,(H,72,84)(H,73,90)(H,74,85)(H,88,89)/t48-,52?,53+,58?/m1/s1. The van der Waals surface area contributed by atoms with Gasteiger partial charge in [-0.3, -0.25) is 77.4 Å². The predicted molar refractivity (Wildman–Crippen MR) is 362 cm³/mol. The van der Waals surface area contributed by atoms with Crippen molar-refractivity contribution < 1.29 is 76.0 Å². The van der Waals surface area contributed by atoms with Crippen LogP contribution in [0.15, 0.2) is 54.7 Å². The summed E-state index contributed by atoms with van der Waals surface area (Å²) in [6.45, 7) is 5.52. The molecule has 0 saturated carbocycles. The van der Waals surface area contributed by atoms with Crippen LogP contribution < -0.4 is 20.7 Å². The summed E-state index contributed by atoms with van der Waals surface area (Å²) in [6, 6.07) is 13.4. The second-order valence-electron chi connectivity index (χ2n) is 24.9. The van der Waals surface area contributed by atoms with Gasteiger partial charge in [0.25, 0.3) is 24.8 Å². The fourth-order valence-corrected chi connectivity index (χ4v) is 13.9. The van der Waals surface area contributed by atoms with Crippen LogP contribution in [0, 0.1) is 27.7 Å². The minimum Gasteiger partial charge on any atom is -0.494 e. The molecule has 0 aliphatic carbocycles. The van der Waals surface area contributed by atoms with Gasteiger partial charge in [-0.15, -0.1) is 18.2 Å². The van der Waals surface area contributed by atoms with E-state index >= 15 is 0 Å². The Kier molecular flexibility index (Phi) is 31.2. The molecule has 96 heavy (non-hydrogen) atoms. The summed E-state index contributed by atoms with van der Waals surface area (Å²) in [5.74, 6) is -3.87. The molecule has 3 aromatic rings. The second kappa shape index (κ2) is 39.3. The third-order valence-electron chi connectivity index (χ3n) is 17.7. The fourth-order valence-electron chi connectivity index (χ4n) is 12.3. The highest BCUT2D eigenvalue weighted by Gasteiger charge is 2.46. The normalized spacial score (nSPS) is 19.3. The van der Waals surface area contributed by atoms with Crippen LogP contribution in [0.5, 0.6) is 5.75 Å². The number of carbonyl (C=O) groups is 10. The number of benzene rings is 2. The van der Waals surface area contributed by atoms with Crippen molar-refractivity contribution in [1.29, 1.82) is 0 Å². The monoisotopic (exact) mass is 1470 g/mol. The molecule has 4 aliphatic heterocycles. The number of piperidine rings is 1. The van der Waals surface area contributed by atoms with Crippen molar-refractivity contribution in [3.8, 4) is 18.1 Å². The number of halogens is 3. The molecule has 29 heteroatoms. The number of aryl methyl sites for hydroxylation is 1. The SMILES string of the molecule is C#C[C@H]1CC(F)(F)CN1C(=O)CNC(=O)c1ccnc2ccc(OCCCCC3CCN(C(=O)[C@H](C)CN4C(=O)CC(SCC(CCCCNC(=O)CCCc5ccc(I)cc5)NC(=O)CN5CCN(COC=O)CCN(COC=O)CCN(CC(=O)O)CC5)C4=O)CC3)cc12. The van der Waals surface area contributed by atoms with Crippen molar-refractivity contribution in [3.63, 3.8) is 0 Å². The summed E-state index contributed by atoms with van der Waals surface area (Å²) in [5, 5.41) is 18.2. The first kappa shape index (κ1) is 76.3. The summed E-state index contributed by atoms with van der Waals surface area (Å²) in [6.07, 6.45) is 13.9. The van der Waals surface area contributed by atoms with E-state index in [0.717, 1.165) is 47.0 Å². The first-order chi connectivity index (χ1) is 46.2. The molecule has 7 rings (SSSR count). The lowest BCUT2D eigenvalue weighted by molar-refractivity contribution is -0.143. The van der Waals surface area contributed by atoms with Gasteiger partial charge in [0.2, 0.25) is 35.4 Å². The molecule has 0 spiro atoms. The number of carboxylic acids is 1. The zero-order valence-electron chi connectivity index (χ0n) is 54.5. The number of unbranched alkanes of at least 4 members (excludes halogenated alkanes) is 2. The maximum Gasteiger partial charge on any atom is 0.317 e. The van der Waals surface area contributed by atoms with Crippen LogP contribution in [0.4, 0.5) is 8.78 Å². The Morgan fingerprint density at radius 3 is 2.16 bits per heavy atom. The van der Waals surface area contributed by atoms with E-state index in [2.05, 4.69) is 61.6 Å². The van der Waals surface area contributed by atoms with Crippen LogP contribution in [0.3, 0.4) is 0 Å². The first-order valence-electron chi connectivity index (χ1n) is 32.9. The molecule has 4 atom stereocenters. The van der Waals surface area contributed by atoms with Gasteiger partial charge in [-0.25, -0.2) is 8.78 Å². The summed E-state index contributed by atoms with van der Waals surface area (Å²) in [7, 11) is 0. The molecule has 7 amide bonds. The molecule has 1 aromatic heterocycles. The van der Waals surface area contributed by atoms with E-state index in [4.69, 9.17) is 20.6 Å². The first-order valence-corrected chi connectivity index (χ1v) is 35.0. The molecule has 0 bridgehead atoms. The minimum absolute atomic E-state index is 0.00734. The molecule has 5 heterocycles. The number of terminal acetylenes is 1. The topological polar surface area (TPSA) is 290 Å². The third-order valence-corrected chi connectivity index (χ3v) is 19.8. The molecule has 4 N–H and O–H groups in total. The zero-order chi connectivity index (χ0) is 69.0. The van der Waals surface area contributed by atoms with Gasteiger partial charge in [-0.1, -0.05) is 31.4 Å². The number of amides is 7. The van der Waals surface area contributed by atoms with E-state index in [-0.39, 0.29) is 74.6 Å². The Hall–Kier alpha value is -7.11. The summed E-state index contributed by atoms with van der Waals surface area (Å²) in [4.78, 5) is 144. The van der Waals surface area contributed by atoms with Crippen molar-refractivity contribution in [1.82, 2.24) is 55.2 Å². The Morgan fingerprint density at radius 1 is 0.833 bits per heavy atom. The van der Waals surface area contributed by atoms with Gasteiger partial charge >= 0.3 is 5.97 Å². The van der Waals surface area contributed by atoms with Crippen LogP contribution >= 0.6 is 34.4 Å². The Morgan fingerprint density at radius 2 is 1.50 bits per heavy atom. The van der Waals surface area contributed by atoms with Crippen molar-refractivity contribution in [3.05, 3.63) is 69.4 Å². The third kappa shape index (κ3) is 25.1. The Bertz CT molecular complexity index is 3160. The lowest BCUT2D eigenvalue weighted by Crippen LogP contribution is -2.50.